The summed E-state index contributed by atoms with van der Waals surface area (Å²) in [7, 11) is -2.94. The van der Waals surface area contributed by atoms with Gasteiger partial charge in [-0.05, 0) is 12.8 Å². The summed E-state index contributed by atoms with van der Waals surface area (Å²) in [6.07, 6.45) is 1.35. The Morgan fingerprint density at radius 1 is 1.03 bits per heavy atom. The van der Waals surface area contributed by atoms with Crippen LogP contribution in [0.3, 0.4) is 0 Å². The average Bonchev–Trinajstić information content (AvgIpc) is 3.32. The van der Waals surface area contributed by atoms with Gasteiger partial charge >= 0.3 is 0 Å². The van der Waals surface area contributed by atoms with Crippen LogP contribution in [0.2, 0.25) is 0 Å². The highest BCUT2D eigenvalue weighted by Crippen LogP contribution is 2.38. The van der Waals surface area contributed by atoms with E-state index in [1.807, 2.05) is 30.3 Å². The third-order valence-electron chi connectivity index (χ3n) is 5.34. The molecule has 1 aliphatic heterocycles. The van der Waals surface area contributed by atoms with Gasteiger partial charge in [-0.1, -0.05) is 35.5 Å². The van der Waals surface area contributed by atoms with Gasteiger partial charge in [-0.25, -0.2) is 8.42 Å². The summed E-state index contributed by atoms with van der Waals surface area (Å²) in [5, 5.41) is 14.9. The van der Waals surface area contributed by atoms with Crippen LogP contribution in [-0.2, 0) is 9.84 Å². The van der Waals surface area contributed by atoms with Crippen LogP contribution in [0.1, 0.15) is 47.0 Å². The Labute approximate surface area is 166 Å². The van der Waals surface area contributed by atoms with Crippen LogP contribution in [0.15, 0.2) is 45.3 Å². The first kappa shape index (κ1) is 18.0. The van der Waals surface area contributed by atoms with E-state index in [-0.39, 0.29) is 41.1 Å². The topological polar surface area (TPSA) is 128 Å². The van der Waals surface area contributed by atoms with E-state index in [4.69, 9.17) is 8.94 Å². The minimum Gasteiger partial charge on any atom is -0.425 e. The average molecular weight is 414 g/mol. The SMILES string of the molecule is O=C(N[C@H]1C[C@H](c2nnc(C3CS(=O)(=O)C3)o2)C1)c1cc(-c2ccccc2)no1. The molecule has 2 aromatic heterocycles. The summed E-state index contributed by atoms with van der Waals surface area (Å²) in [5.41, 5.74) is 1.49. The van der Waals surface area contributed by atoms with Crippen molar-refractivity contribution < 1.29 is 22.2 Å². The second kappa shape index (κ2) is 6.80. The molecule has 1 aromatic carbocycles. The Balaban J connectivity index is 1.15. The van der Waals surface area contributed by atoms with E-state index in [1.54, 1.807) is 6.07 Å². The number of hydrogen-bond donors (Lipinski definition) is 1. The van der Waals surface area contributed by atoms with Crippen molar-refractivity contribution in [1.29, 1.82) is 0 Å². The number of hydrogen-bond acceptors (Lipinski definition) is 8. The molecule has 29 heavy (non-hydrogen) atoms. The molecule has 1 N–H and O–H groups in total. The molecule has 0 bridgehead atoms. The lowest BCUT2D eigenvalue weighted by molar-refractivity contribution is 0.0865. The maximum absolute atomic E-state index is 12.4. The Hall–Kier alpha value is -3.01. The van der Waals surface area contributed by atoms with E-state index in [0.717, 1.165) is 5.56 Å². The fourth-order valence-corrected chi connectivity index (χ4v) is 5.02. The molecule has 1 saturated carbocycles. The second-order valence-corrected chi connectivity index (χ2v) is 9.69. The van der Waals surface area contributed by atoms with E-state index in [2.05, 4.69) is 20.7 Å². The molecule has 9 nitrogen and oxygen atoms in total. The molecule has 0 unspecified atom stereocenters. The van der Waals surface area contributed by atoms with Crippen LogP contribution < -0.4 is 5.32 Å². The molecular formula is C19H18N4O5S. The van der Waals surface area contributed by atoms with Crippen LogP contribution in [-0.4, -0.2) is 47.2 Å². The van der Waals surface area contributed by atoms with Crippen molar-refractivity contribution in [3.8, 4) is 11.3 Å². The van der Waals surface area contributed by atoms with Crippen LogP contribution in [0, 0.1) is 0 Å². The molecule has 5 rings (SSSR count). The van der Waals surface area contributed by atoms with Gasteiger partial charge in [-0.2, -0.15) is 0 Å². The molecule has 1 aliphatic carbocycles. The lowest BCUT2D eigenvalue weighted by Crippen LogP contribution is -2.43. The van der Waals surface area contributed by atoms with E-state index in [0.29, 0.717) is 30.3 Å². The fourth-order valence-electron chi connectivity index (χ4n) is 3.60. The Kier molecular flexibility index (Phi) is 4.23. The largest absolute Gasteiger partial charge is 0.425 e. The normalized spacial score (nSPS) is 23.2. The summed E-state index contributed by atoms with van der Waals surface area (Å²) in [6.45, 7) is 0. The molecule has 0 atom stereocenters. The summed E-state index contributed by atoms with van der Waals surface area (Å²) in [4.78, 5) is 12.4. The third kappa shape index (κ3) is 3.55. The number of aromatic nitrogens is 3. The quantitative estimate of drug-likeness (QED) is 0.670. The highest BCUT2D eigenvalue weighted by atomic mass is 32.2. The van der Waals surface area contributed by atoms with E-state index >= 15 is 0 Å². The van der Waals surface area contributed by atoms with Crippen molar-refractivity contribution in [3.63, 3.8) is 0 Å². The van der Waals surface area contributed by atoms with Crippen molar-refractivity contribution in [1.82, 2.24) is 20.7 Å². The molecule has 3 aromatic rings. The number of sulfone groups is 1. The predicted octanol–water partition coefficient (Wildman–Crippen LogP) is 1.91. The Morgan fingerprint density at radius 3 is 2.41 bits per heavy atom. The zero-order chi connectivity index (χ0) is 20.0. The minimum atomic E-state index is -2.94. The molecule has 3 heterocycles. The van der Waals surface area contributed by atoms with Crippen LogP contribution >= 0.6 is 0 Å². The zero-order valence-electron chi connectivity index (χ0n) is 15.3. The van der Waals surface area contributed by atoms with E-state index in [1.165, 1.54) is 0 Å². The smallest absolute Gasteiger partial charge is 0.290 e. The van der Waals surface area contributed by atoms with Gasteiger partial charge in [0.2, 0.25) is 17.5 Å². The maximum atomic E-state index is 12.4. The van der Waals surface area contributed by atoms with Crippen LogP contribution in [0.4, 0.5) is 0 Å². The van der Waals surface area contributed by atoms with Gasteiger partial charge < -0.3 is 14.3 Å². The number of nitrogens with one attached hydrogen (secondary N) is 1. The lowest BCUT2D eigenvalue weighted by atomic mass is 9.80. The van der Waals surface area contributed by atoms with Gasteiger partial charge in [-0.3, -0.25) is 4.79 Å². The van der Waals surface area contributed by atoms with E-state index in [9.17, 15) is 13.2 Å². The summed E-state index contributed by atoms with van der Waals surface area (Å²) in [5.74, 6) is 0.751. The second-order valence-electron chi connectivity index (χ2n) is 7.53. The molecule has 150 valence electrons. The molecule has 1 saturated heterocycles. The van der Waals surface area contributed by atoms with Crippen LogP contribution in [0.25, 0.3) is 11.3 Å². The summed E-state index contributed by atoms with van der Waals surface area (Å²) >= 11 is 0. The first-order valence-corrected chi connectivity index (χ1v) is 11.2. The first-order valence-electron chi connectivity index (χ1n) is 9.33. The van der Waals surface area contributed by atoms with Gasteiger partial charge in [0.15, 0.2) is 9.84 Å². The number of nitrogens with zero attached hydrogens (tertiary/aromatic N) is 3. The highest BCUT2D eigenvalue weighted by Gasteiger charge is 2.40. The maximum Gasteiger partial charge on any atom is 0.290 e. The van der Waals surface area contributed by atoms with Crippen molar-refractivity contribution in [2.75, 3.05) is 11.5 Å². The lowest BCUT2D eigenvalue weighted by Gasteiger charge is -2.33. The number of carbonyl (C=O) groups excluding carboxylic acids is 1. The standard InChI is InChI=1S/C19H18N4O5S/c24-17(16-8-15(23-28-16)11-4-2-1-3-5-11)20-14-6-12(7-14)18-21-22-19(27-18)13-9-29(25,26)10-13/h1-5,8,12-14H,6-7,9-10H2,(H,20,24)/t12-,14-. The fraction of sp³-hybridized carbons (Fsp3) is 0.368. The van der Waals surface area contributed by atoms with Crippen molar-refractivity contribution in [2.24, 2.45) is 0 Å². The third-order valence-corrected chi connectivity index (χ3v) is 7.16. The van der Waals surface area contributed by atoms with Crippen LogP contribution in [0.5, 0.6) is 0 Å². The molecule has 0 spiro atoms. The van der Waals surface area contributed by atoms with Crippen molar-refractivity contribution >= 4 is 15.7 Å². The zero-order valence-corrected chi connectivity index (χ0v) is 16.1. The van der Waals surface area contributed by atoms with Crippen molar-refractivity contribution in [2.45, 2.75) is 30.7 Å². The van der Waals surface area contributed by atoms with Gasteiger partial charge in [0.25, 0.3) is 5.91 Å². The molecule has 10 heteroatoms. The van der Waals surface area contributed by atoms with E-state index < -0.39 is 9.84 Å². The minimum absolute atomic E-state index is 0.0165. The molecule has 1 amide bonds. The number of rotatable bonds is 5. The van der Waals surface area contributed by atoms with Crippen molar-refractivity contribution in [3.05, 3.63) is 53.9 Å². The molecule has 0 radical (unpaired) electrons. The van der Waals surface area contributed by atoms with Gasteiger partial charge in [0.05, 0.1) is 17.4 Å². The van der Waals surface area contributed by atoms with Gasteiger partial charge in [0.1, 0.15) is 5.69 Å². The van der Waals surface area contributed by atoms with Gasteiger partial charge in [0, 0.05) is 23.6 Å². The predicted molar refractivity (Wildman–Crippen MR) is 101 cm³/mol. The Bertz CT molecular complexity index is 1140. The monoisotopic (exact) mass is 414 g/mol. The molecule has 2 aliphatic rings. The number of benzene rings is 1. The molecular weight excluding hydrogens is 396 g/mol. The Morgan fingerprint density at radius 2 is 1.72 bits per heavy atom. The number of amides is 1. The summed E-state index contributed by atoms with van der Waals surface area (Å²) < 4.78 is 33.4. The first-order chi connectivity index (χ1) is 14.0. The number of carbonyl (C=O) groups is 1. The highest BCUT2D eigenvalue weighted by molar-refractivity contribution is 7.92. The summed E-state index contributed by atoms with van der Waals surface area (Å²) in [6, 6.07) is 11.1. The van der Waals surface area contributed by atoms with Gasteiger partial charge in [-0.15, -0.1) is 10.2 Å². The molecule has 2 fully saturated rings.